The first-order chi connectivity index (χ1) is 11.9. The SMILES string of the molecule is COc1ccc(S(=O)(=O)N2CC(c3nc(C(C)C)no3)C2)cc1OC. The van der Waals surface area contributed by atoms with Crippen LogP contribution in [0.5, 0.6) is 11.5 Å². The van der Waals surface area contributed by atoms with Gasteiger partial charge in [-0.2, -0.15) is 9.29 Å². The van der Waals surface area contributed by atoms with Gasteiger partial charge >= 0.3 is 0 Å². The lowest BCUT2D eigenvalue weighted by atomic mass is 10.0. The molecule has 9 heteroatoms. The van der Waals surface area contributed by atoms with Crippen LogP contribution < -0.4 is 9.47 Å². The van der Waals surface area contributed by atoms with E-state index in [1.807, 2.05) is 13.8 Å². The van der Waals surface area contributed by atoms with Crippen LogP contribution in [-0.2, 0) is 10.0 Å². The van der Waals surface area contributed by atoms with Gasteiger partial charge < -0.3 is 14.0 Å². The van der Waals surface area contributed by atoms with Gasteiger partial charge in [-0.3, -0.25) is 0 Å². The van der Waals surface area contributed by atoms with Crippen molar-refractivity contribution in [1.82, 2.24) is 14.4 Å². The second kappa shape index (κ2) is 6.64. The summed E-state index contributed by atoms with van der Waals surface area (Å²) >= 11 is 0. The number of aromatic nitrogens is 2. The van der Waals surface area contributed by atoms with Gasteiger partial charge in [0.15, 0.2) is 17.3 Å². The largest absolute Gasteiger partial charge is 0.493 e. The highest BCUT2D eigenvalue weighted by atomic mass is 32.2. The molecule has 1 saturated heterocycles. The van der Waals surface area contributed by atoms with E-state index >= 15 is 0 Å². The van der Waals surface area contributed by atoms with Crippen molar-refractivity contribution in [2.24, 2.45) is 0 Å². The van der Waals surface area contributed by atoms with Crippen molar-refractivity contribution in [2.45, 2.75) is 30.6 Å². The molecule has 0 atom stereocenters. The van der Waals surface area contributed by atoms with Gasteiger partial charge in [-0.25, -0.2) is 8.42 Å². The third-order valence-electron chi connectivity index (χ3n) is 4.16. The molecule has 0 radical (unpaired) electrons. The Hall–Kier alpha value is -2.13. The summed E-state index contributed by atoms with van der Waals surface area (Å²) in [5.41, 5.74) is 0. The Kier molecular flexibility index (Phi) is 4.70. The van der Waals surface area contributed by atoms with Crippen molar-refractivity contribution in [3.05, 3.63) is 29.9 Å². The predicted octanol–water partition coefficient (Wildman–Crippen LogP) is 2.00. The minimum atomic E-state index is -3.60. The molecule has 2 heterocycles. The normalized spacial score (nSPS) is 16.0. The second-order valence-corrected chi connectivity index (χ2v) is 8.12. The molecule has 0 amide bonds. The fourth-order valence-corrected chi connectivity index (χ4v) is 4.11. The summed E-state index contributed by atoms with van der Waals surface area (Å²) in [5, 5.41) is 3.92. The molecular weight excluding hydrogens is 346 g/mol. The van der Waals surface area contributed by atoms with E-state index in [0.29, 0.717) is 36.3 Å². The topological polar surface area (TPSA) is 94.8 Å². The monoisotopic (exact) mass is 367 g/mol. The van der Waals surface area contributed by atoms with Crippen molar-refractivity contribution in [3.8, 4) is 11.5 Å². The third kappa shape index (κ3) is 3.21. The molecule has 0 aliphatic carbocycles. The minimum absolute atomic E-state index is 0.0741. The van der Waals surface area contributed by atoms with Crippen LogP contribution in [0.15, 0.2) is 27.6 Å². The first-order valence-corrected chi connectivity index (χ1v) is 9.36. The van der Waals surface area contributed by atoms with Crippen LogP contribution in [0.3, 0.4) is 0 Å². The van der Waals surface area contributed by atoms with Crippen molar-refractivity contribution >= 4 is 10.0 Å². The van der Waals surface area contributed by atoms with Crippen LogP contribution >= 0.6 is 0 Å². The zero-order valence-corrected chi connectivity index (χ0v) is 15.4. The van der Waals surface area contributed by atoms with E-state index in [9.17, 15) is 8.42 Å². The lowest BCUT2D eigenvalue weighted by Gasteiger charge is -2.35. The molecule has 3 rings (SSSR count). The number of rotatable bonds is 6. The Balaban J connectivity index is 1.74. The quantitative estimate of drug-likeness (QED) is 0.770. The number of benzene rings is 1. The summed E-state index contributed by atoms with van der Waals surface area (Å²) in [7, 11) is -0.632. The molecule has 1 aliphatic heterocycles. The van der Waals surface area contributed by atoms with Crippen LogP contribution in [0.4, 0.5) is 0 Å². The molecule has 0 bridgehead atoms. The molecule has 136 valence electrons. The number of hydrogen-bond donors (Lipinski definition) is 0. The van der Waals surface area contributed by atoms with Gasteiger partial charge in [0.05, 0.1) is 25.0 Å². The Morgan fingerprint density at radius 1 is 1.20 bits per heavy atom. The lowest BCUT2D eigenvalue weighted by molar-refractivity contribution is 0.216. The zero-order chi connectivity index (χ0) is 18.2. The van der Waals surface area contributed by atoms with E-state index in [4.69, 9.17) is 14.0 Å². The van der Waals surface area contributed by atoms with E-state index in [-0.39, 0.29) is 16.7 Å². The molecule has 0 N–H and O–H groups in total. The van der Waals surface area contributed by atoms with Crippen molar-refractivity contribution in [1.29, 1.82) is 0 Å². The minimum Gasteiger partial charge on any atom is -0.493 e. The standard InChI is InChI=1S/C16H21N3O5S/c1-10(2)15-17-16(24-18-15)11-8-19(9-11)25(20,21)12-5-6-13(22-3)14(7-12)23-4/h5-7,10-11H,8-9H2,1-4H3. The highest BCUT2D eigenvalue weighted by Gasteiger charge is 2.40. The van der Waals surface area contributed by atoms with Crippen LogP contribution in [0, 0.1) is 0 Å². The number of methoxy groups -OCH3 is 2. The molecule has 0 unspecified atom stereocenters. The summed E-state index contributed by atoms with van der Waals surface area (Å²) in [4.78, 5) is 4.50. The average molecular weight is 367 g/mol. The first-order valence-electron chi connectivity index (χ1n) is 7.92. The summed E-state index contributed by atoms with van der Waals surface area (Å²) < 4.78 is 42.4. The van der Waals surface area contributed by atoms with E-state index < -0.39 is 10.0 Å². The zero-order valence-electron chi connectivity index (χ0n) is 14.6. The van der Waals surface area contributed by atoms with Gasteiger partial charge in [-0.1, -0.05) is 19.0 Å². The van der Waals surface area contributed by atoms with Crippen LogP contribution in [0.1, 0.15) is 37.4 Å². The van der Waals surface area contributed by atoms with Crippen molar-refractivity contribution < 1.29 is 22.4 Å². The number of ether oxygens (including phenoxy) is 2. The van der Waals surface area contributed by atoms with E-state index in [2.05, 4.69) is 10.1 Å². The average Bonchev–Trinajstić information content (AvgIpc) is 3.02. The van der Waals surface area contributed by atoms with Crippen LogP contribution in [0.25, 0.3) is 0 Å². The number of hydrogen-bond acceptors (Lipinski definition) is 7. The van der Waals surface area contributed by atoms with Crippen molar-refractivity contribution in [3.63, 3.8) is 0 Å². The summed E-state index contributed by atoms with van der Waals surface area (Å²) in [6, 6.07) is 4.55. The van der Waals surface area contributed by atoms with E-state index in [1.165, 1.54) is 30.7 Å². The molecule has 1 aromatic heterocycles. The second-order valence-electron chi connectivity index (χ2n) is 6.18. The molecule has 2 aromatic rings. The maximum atomic E-state index is 12.7. The summed E-state index contributed by atoms with van der Waals surface area (Å²) in [6.45, 7) is 4.58. The molecule has 1 fully saturated rings. The fourth-order valence-electron chi connectivity index (χ4n) is 2.56. The first kappa shape index (κ1) is 17.7. The highest BCUT2D eigenvalue weighted by Crippen LogP contribution is 2.35. The Morgan fingerprint density at radius 2 is 1.88 bits per heavy atom. The molecule has 1 aliphatic rings. The highest BCUT2D eigenvalue weighted by molar-refractivity contribution is 7.89. The van der Waals surface area contributed by atoms with Gasteiger partial charge in [-0.15, -0.1) is 0 Å². The molecule has 1 aromatic carbocycles. The maximum absolute atomic E-state index is 12.7. The van der Waals surface area contributed by atoms with Gasteiger partial charge in [0.2, 0.25) is 15.9 Å². The van der Waals surface area contributed by atoms with Crippen molar-refractivity contribution in [2.75, 3.05) is 27.3 Å². The molecular formula is C16H21N3O5S. The van der Waals surface area contributed by atoms with Gasteiger partial charge in [0.1, 0.15) is 0 Å². The maximum Gasteiger partial charge on any atom is 0.243 e. The van der Waals surface area contributed by atoms with E-state index in [0.717, 1.165) is 0 Å². The van der Waals surface area contributed by atoms with Gasteiger partial charge in [0.25, 0.3) is 0 Å². The third-order valence-corrected chi connectivity index (χ3v) is 5.99. The Labute approximate surface area is 146 Å². The Bertz CT molecular complexity index is 856. The van der Waals surface area contributed by atoms with Gasteiger partial charge in [-0.05, 0) is 12.1 Å². The molecule has 25 heavy (non-hydrogen) atoms. The summed E-state index contributed by atoms with van der Waals surface area (Å²) in [6.07, 6.45) is 0. The van der Waals surface area contributed by atoms with Crippen LogP contribution in [0.2, 0.25) is 0 Å². The number of nitrogens with zero attached hydrogens (tertiary/aromatic N) is 3. The fraction of sp³-hybridized carbons (Fsp3) is 0.500. The Morgan fingerprint density at radius 3 is 2.44 bits per heavy atom. The summed E-state index contributed by atoms with van der Waals surface area (Å²) in [5.74, 6) is 2.08. The van der Waals surface area contributed by atoms with Crippen LogP contribution in [-0.4, -0.2) is 50.2 Å². The number of sulfonamides is 1. The van der Waals surface area contributed by atoms with Gasteiger partial charge in [0, 0.05) is 25.1 Å². The lowest BCUT2D eigenvalue weighted by Crippen LogP contribution is -2.48. The molecule has 0 saturated carbocycles. The molecule has 8 nitrogen and oxygen atoms in total. The van der Waals surface area contributed by atoms with E-state index in [1.54, 1.807) is 6.07 Å². The predicted molar refractivity (Wildman–Crippen MR) is 89.4 cm³/mol. The molecule has 0 spiro atoms. The smallest absolute Gasteiger partial charge is 0.243 e.